The van der Waals surface area contributed by atoms with Crippen LogP contribution in [0.3, 0.4) is 0 Å². The van der Waals surface area contributed by atoms with Crippen LogP contribution in [-0.4, -0.2) is 61.6 Å². The molecule has 0 unspecified atom stereocenters. The van der Waals surface area contributed by atoms with Crippen molar-refractivity contribution in [3.05, 3.63) is 65.8 Å². The normalized spacial score (nSPS) is 14.2. The van der Waals surface area contributed by atoms with Crippen LogP contribution in [0.1, 0.15) is 10.5 Å². The number of carbonyl (C=O) groups excluding carboxylic acids is 1. The minimum atomic E-state index is -0.146. The molecule has 1 aromatic carbocycles. The smallest absolute Gasteiger partial charge is 0.274 e. The van der Waals surface area contributed by atoms with E-state index in [0.717, 1.165) is 16.7 Å². The summed E-state index contributed by atoms with van der Waals surface area (Å²) in [6.07, 6.45) is 6.52. The molecule has 1 fully saturated rings. The molecule has 4 aromatic rings. The third kappa shape index (κ3) is 3.40. The average Bonchev–Trinajstić information content (AvgIpc) is 3.19. The van der Waals surface area contributed by atoms with Gasteiger partial charge in [-0.15, -0.1) is 0 Å². The van der Waals surface area contributed by atoms with Crippen molar-refractivity contribution in [2.24, 2.45) is 0 Å². The summed E-state index contributed by atoms with van der Waals surface area (Å²) >= 11 is 6.06. The number of aromatic nitrogens is 5. The third-order valence-corrected chi connectivity index (χ3v) is 5.19. The predicted octanol–water partition coefficient (Wildman–Crippen LogP) is 3.00. The zero-order valence-corrected chi connectivity index (χ0v) is 16.7. The Labute approximate surface area is 177 Å². The molecule has 0 radical (unpaired) electrons. The van der Waals surface area contributed by atoms with Gasteiger partial charge in [0.25, 0.3) is 5.91 Å². The van der Waals surface area contributed by atoms with Gasteiger partial charge in [0.15, 0.2) is 5.82 Å². The van der Waals surface area contributed by atoms with Crippen LogP contribution in [0.15, 0.2) is 55.1 Å². The number of pyridine rings is 1. The first-order chi connectivity index (χ1) is 14.7. The van der Waals surface area contributed by atoms with E-state index >= 15 is 0 Å². The minimum absolute atomic E-state index is 0.146. The molecule has 1 aliphatic rings. The SMILES string of the molecule is O=C(c1cnc(-c2nc3ccncc3n2-c2ccc(Cl)cc2)cn1)N1CCOCC1. The molecule has 4 heterocycles. The summed E-state index contributed by atoms with van der Waals surface area (Å²) in [5.41, 5.74) is 3.35. The summed E-state index contributed by atoms with van der Waals surface area (Å²) in [5, 5.41) is 0.647. The highest BCUT2D eigenvalue weighted by Gasteiger charge is 2.21. The first-order valence-corrected chi connectivity index (χ1v) is 9.86. The van der Waals surface area contributed by atoms with Gasteiger partial charge in [0.2, 0.25) is 0 Å². The fourth-order valence-corrected chi connectivity index (χ4v) is 3.56. The molecule has 8 nitrogen and oxygen atoms in total. The van der Waals surface area contributed by atoms with E-state index in [0.29, 0.717) is 48.5 Å². The second-order valence-corrected chi connectivity index (χ2v) is 7.24. The number of benzene rings is 1. The summed E-state index contributed by atoms with van der Waals surface area (Å²) in [4.78, 5) is 32.2. The summed E-state index contributed by atoms with van der Waals surface area (Å²) < 4.78 is 7.25. The number of hydrogen-bond acceptors (Lipinski definition) is 6. The number of imidazole rings is 1. The van der Waals surface area contributed by atoms with Crippen LogP contribution in [0, 0.1) is 0 Å². The maximum absolute atomic E-state index is 12.6. The molecular formula is C21H17ClN6O2. The van der Waals surface area contributed by atoms with Crippen LogP contribution in [0.25, 0.3) is 28.2 Å². The summed E-state index contributed by atoms with van der Waals surface area (Å²) in [5.74, 6) is 0.464. The number of nitrogens with zero attached hydrogens (tertiary/aromatic N) is 6. The Balaban J connectivity index is 1.55. The van der Waals surface area contributed by atoms with Crippen molar-refractivity contribution in [1.29, 1.82) is 0 Å². The van der Waals surface area contributed by atoms with Gasteiger partial charge in [0.05, 0.1) is 42.8 Å². The van der Waals surface area contributed by atoms with Crippen LogP contribution < -0.4 is 0 Å². The van der Waals surface area contributed by atoms with Crippen molar-refractivity contribution in [2.75, 3.05) is 26.3 Å². The lowest BCUT2D eigenvalue weighted by molar-refractivity contribution is 0.0298. The minimum Gasteiger partial charge on any atom is -0.378 e. The molecule has 1 aliphatic heterocycles. The quantitative estimate of drug-likeness (QED) is 0.506. The lowest BCUT2D eigenvalue weighted by atomic mass is 10.3. The van der Waals surface area contributed by atoms with Crippen LogP contribution in [0.5, 0.6) is 0 Å². The van der Waals surface area contributed by atoms with E-state index in [1.807, 2.05) is 34.9 Å². The Hall–Kier alpha value is -3.36. The van der Waals surface area contributed by atoms with Gasteiger partial charge in [-0.25, -0.2) is 15.0 Å². The molecule has 0 saturated carbocycles. The predicted molar refractivity (Wildman–Crippen MR) is 112 cm³/mol. The molecule has 0 atom stereocenters. The van der Waals surface area contributed by atoms with E-state index in [2.05, 4.69) is 15.0 Å². The van der Waals surface area contributed by atoms with Gasteiger partial charge >= 0.3 is 0 Å². The molecule has 1 amide bonds. The molecule has 0 bridgehead atoms. The van der Waals surface area contributed by atoms with Gasteiger partial charge in [0, 0.05) is 30.0 Å². The average molecular weight is 421 g/mol. The Morgan fingerprint density at radius 3 is 2.53 bits per heavy atom. The summed E-state index contributed by atoms with van der Waals surface area (Å²) in [7, 11) is 0. The Kier molecular flexibility index (Phi) is 4.86. The first kappa shape index (κ1) is 18.7. The molecule has 0 N–H and O–H groups in total. The lowest BCUT2D eigenvalue weighted by Gasteiger charge is -2.26. The standard InChI is InChI=1S/C21H17ClN6O2/c22-14-1-3-15(4-2-14)28-19-13-23-6-5-16(19)26-20(28)17-11-25-18(12-24-17)21(29)27-7-9-30-10-8-27/h1-6,11-13H,7-10H2. The number of fused-ring (bicyclic) bond motifs is 1. The summed E-state index contributed by atoms with van der Waals surface area (Å²) in [6, 6.07) is 9.29. The van der Waals surface area contributed by atoms with Crippen LogP contribution >= 0.6 is 11.6 Å². The number of amides is 1. The maximum atomic E-state index is 12.6. The number of hydrogen-bond donors (Lipinski definition) is 0. The molecule has 3 aromatic heterocycles. The zero-order valence-electron chi connectivity index (χ0n) is 15.9. The molecule has 9 heteroatoms. The highest BCUT2D eigenvalue weighted by atomic mass is 35.5. The summed E-state index contributed by atoms with van der Waals surface area (Å²) in [6.45, 7) is 2.19. The molecular weight excluding hydrogens is 404 g/mol. The zero-order chi connectivity index (χ0) is 20.5. The van der Waals surface area contributed by atoms with Crippen molar-refractivity contribution in [3.63, 3.8) is 0 Å². The van der Waals surface area contributed by atoms with Gasteiger partial charge < -0.3 is 9.64 Å². The lowest BCUT2D eigenvalue weighted by Crippen LogP contribution is -2.41. The largest absolute Gasteiger partial charge is 0.378 e. The van der Waals surface area contributed by atoms with E-state index in [9.17, 15) is 4.79 Å². The molecule has 0 aliphatic carbocycles. The van der Waals surface area contributed by atoms with E-state index in [4.69, 9.17) is 21.3 Å². The second kappa shape index (κ2) is 7.81. The van der Waals surface area contributed by atoms with Gasteiger partial charge in [0.1, 0.15) is 11.4 Å². The maximum Gasteiger partial charge on any atom is 0.274 e. The van der Waals surface area contributed by atoms with E-state index in [-0.39, 0.29) is 5.91 Å². The van der Waals surface area contributed by atoms with Crippen molar-refractivity contribution in [3.8, 4) is 17.2 Å². The van der Waals surface area contributed by atoms with Gasteiger partial charge in [-0.1, -0.05) is 11.6 Å². The molecule has 150 valence electrons. The van der Waals surface area contributed by atoms with Crippen molar-refractivity contribution < 1.29 is 9.53 Å². The number of ether oxygens (including phenoxy) is 1. The van der Waals surface area contributed by atoms with Crippen molar-refractivity contribution in [2.45, 2.75) is 0 Å². The molecule has 0 spiro atoms. The van der Waals surface area contributed by atoms with Crippen LogP contribution in [-0.2, 0) is 4.74 Å². The highest BCUT2D eigenvalue weighted by Crippen LogP contribution is 2.27. The number of halogens is 1. The van der Waals surface area contributed by atoms with E-state index in [1.165, 1.54) is 6.20 Å². The molecule has 1 saturated heterocycles. The third-order valence-electron chi connectivity index (χ3n) is 4.94. The Morgan fingerprint density at radius 2 is 1.80 bits per heavy atom. The second-order valence-electron chi connectivity index (χ2n) is 6.80. The van der Waals surface area contributed by atoms with Gasteiger partial charge in [-0.05, 0) is 30.3 Å². The van der Waals surface area contributed by atoms with Crippen LogP contribution in [0.2, 0.25) is 5.02 Å². The van der Waals surface area contributed by atoms with E-state index in [1.54, 1.807) is 23.5 Å². The highest BCUT2D eigenvalue weighted by molar-refractivity contribution is 6.30. The number of carbonyl (C=O) groups is 1. The topological polar surface area (TPSA) is 86.0 Å². The van der Waals surface area contributed by atoms with Gasteiger partial charge in [-0.2, -0.15) is 0 Å². The fourth-order valence-electron chi connectivity index (χ4n) is 3.43. The van der Waals surface area contributed by atoms with Gasteiger partial charge in [-0.3, -0.25) is 14.3 Å². The molecule has 30 heavy (non-hydrogen) atoms. The first-order valence-electron chi connectivity index (χ1n) is 9.48. The Bertz CT molecular complexity index is 1200. The van der Waals surface area contributed by atoms with Crippen molar-refractivity contribution >= 4 is 28.5 Å². The van der Waals surface area contributed by atoms with Crippen molar-refractivity contribution in [1.82, 2.24) is 29.4 Å². The molecule has 5 rings (SSSR count). The number of rotatable bonds is 3. The fraction of sp³-hybridized carbons (Fsp3) is 0.190. The van der Waals surface area contributed by atoms with Crippen LogP contribution in [0.4, 0.5) is 0 Å². The number of morpholine rings is 1. The Morgan fingerprint density at radius 1 is 1.00 bits per heavy atom. The van der Waals surface area contributed by atoms with E-state index < -0.39 is 0 Å². The monoisotopic (exact) mass is 420 g/mol.